The molecule has 4 heteroatoms. The maximum absolute atomic E-state index is 12.2. The standard InChI is InChI=1S/C23H44O4/c1-5-7-9-11-12-13-14-16-18-20-27-22(25)23(3,4)21(24)26-19-17-15-10-8-6-2/h5-20H2,1-4H3. The molecule has 0 radical (unpaired) electrons. The van der Waals surface area contributed by atoms with Crippen molar-refractivity contribution in [3.8, 4) is 0 Å². The van der Waals surface area contributed by atoms with Crippen LogP contribution in [0.25, 0.3) is 0 Å². The average Bonchev–Trinajstić information content (AvgIpc) is 2.65. The molecule has 0 aliphatic rings. The highest BCUT2D eigenvalue weighted by atomic mass is 16.6. The molecule has 0 amide bonds. The Morgan fingerprint density at radius 2 is 0.852 bits per heavy atom. The van der Waals surface area contributed by atoms with E-state index in [0.29, 0.717) is 13.2 Å². The molecule has 0 spiro atoms. The third-order valence-electron chi connectivity index (χ3n) is 4.98. The van der Waals surface area contributed by atoms with E-state index in [9.17, 15) is 9.59 Å². The minimum atomic E-state index is -1.22. The zero-order valence-corrected chi connectivity index (χ0v) is 18.4. The summed E-state index contributed by atoms with van der Waals surface area (Å²) < 4.78 is 10.6. The molecule has 0 fully saturated rings. The zero-order chi connectivity index (χ0) is 20.4. The maximum atomic E-state index is 12.2. The van der Waals surface area contributed by atoms with E-state index in [1.807, 2.05) is 0 Å². The molecule has 4 nitrogen and oxygen atoms in total. The van der Waals surface area contributed by atoms with Gasteiger partial charge in [-0.15, -0.1) is 0 Å². The Bertz CT molecular complexity index is 377. The summed E-state index contributed by atoms with van der Waals surface area (Å²) in [6.45, 7) is 8.36. The van der Waals surface area contributed by atoms with Crippen molar-refractivity contribution in [3.05, 3.63) is 0 Å². The van der Waals surface area contributed by atoms with Gasteiger partial charge in [0.05, 0.1) is 13.2 Å². The molecular weight excluding hydrogens is 340 g/mol. The lowest BCUT2D eigenvalue weighted by atomic mass is 9.94. The fourth-order valence-corrected chi connectivity index (χ4v) is 2.89. The predicted octanol–water partition coefficient (Wildman–Crippen LogP) is 6.60. The van der Waals surface area contributed by atoms with Crippen LogP contribution in [0, 0.1) is 5.41 Å². The van der Waals surface area contributed by atoms with Gasteiger partial charge in [-0.2, -0.15) is 0 Å². The lowest BCUT2D eigenvalue weighted by molar-refractivity contribution is -0.169. The molecule has 0 aromatic carbocycles. The summed E-state index contributed by atoms with van der Waals surface area (Å²) in [6.07, 6.45) is 16.5. The van der Waals surface area contributed by atoms with Gasteiger partial charge in [-0.3, -0.25) is 9.59 Å². The summed E-state index contributed by atoms with van der Waals surface area (Å²) in [6, 6.07) is 0. The lowest BCUT2D eigenvalue weighted by Gasteiger charge is -2.20. The first kappa shape index (κ1) is 25.9. The largest absolute Gasteiger partial charge is 0.465 e. The Morgan fingerprint density at radius 1 is 0.556 bits per heavy atom. The maximum Gasteiger partial charge on any atom is 0.322 e. The van der Waals surface area contributed by atoms with Crippen LogP contribution >= 0.6 is 0 Å². The molecule has 160 valence electrons. The number of hydrogen-bond acceptors (Lipinski definition) is 4. The van der Waals surface area contributed by atoms with Gasteiger partial charge < -0.3 is 9.47 Å². The first-order valence-electron chi connectivity index (χ1n) is 11.3. The van der Waals surface area contributed by atoms with Crippen LogP contribution < -0.4 is 0 Å². The third kappa shape index (κ3) is 13.7. The van der Waals surface area contributed by atoms with Crippen molar-refractivity contribution < 1.29 is 19.1 Å². The summed E-state index contributed by atoms with van der Waals surface area (Å²) in [7, 11) is 0. The Balaban J connectivity index is 3.74. The van der Waals surface area contributed by atoms with Crippen LogP contribution in [-0.2, 0) is 19.1 Å². The summed E-state index contributed by atoms with van der Waals surface area (Å²) in [5, 5.41) is 0. The van der Waals surface area contributed by atoms with Crippen LogP contribution in [0.2, 0.25) is 0 Å². The van der Waals surface area contributed by atoms with Gasteiger partial charge in [-0.25, -0.2) is 0 Å². The van der Waals surface area contributed by atoms with Crippen molar-refractivity contribution in [1.29, 1.82) is 0 Å². The number of carbonyl (C=O) groups excluding carboxylic acids is 2. The highest BCUT2D eigenvalue weighted by Crippen LogP contribution is 2.20. The van der Waals surface area contributed by atoms with E-state index in [1.165, 1.54) is 57.8 Å². The molecule has 0 aliphatic heterocycles. The predicted molar refractivity (Wildman–Crippen MR) is 112 cm³/mol. The summed E-state index contributed by atoms with van der Waals surface area (Å²) in [5.74, 6) is -0.951. The van der Waals surface area contributed by atoms with E-state index < -0.39 is 17.4 Å². The van der Waals surface area contributed by atoms with E-state index in [-0.39, 0.29) is 0 Å². The second-order valence-electron chi connectivity index (χ2n) is 8.14. The van der Waals surface area contributed by atoms with Gasteiger partial charge in [-0.1, -0.05) is 90.9 Å². The van der Waals surface area contributed by atoms with Gasteiger partial charge in [-0.05, 0) is 26.7 Å². The summed E-state index contributed by atoms with van der Waals surface area (Å²) in [4.78, 5) is 24.3. The number of unbranched alkanes of at least 4 members (excludes halogenated alkanes) is 12. The molecule has 0 heterocycles. The first-order chi connectivity index (χ1) is 13.0. The molecule has 0 N–H and O–H groups in total. The minimum absolute atomic E-state index is 0.386. The molecule has 0 saturated carbocycles. The topological polar surface area (TPSA) is 52.6 Å². The van der Waals surface area contributed by atoms with Gasteiger partial charge in [0.25, 0.3) is 0 Å². The fourth-order valence-electron chi connectivity index (χ4n) is 2.89. The van der Waals surface area contributed by atoms with Crippen molar-refractivity contribution >= 4 is 11.9 Å². The van der Waals surface area contributed by atoms with Crippen LogP contribution in [0.1, 0.15) is 118 Å². The lowest BCUT2D eigenvalue weighted by Crippen LogP contribution is -2.37. The average molecular weight is 385 g/mol. The van der Waals surface area contributed by atoms with E-state index in [4.69, 9.17) is 9.47 Å². The van der Waals surface area contributed by atoms with Crippen LogP contribution in [0.5, 0.6) is 0 Å². The highest BCUT2D eigenvalue weighted by Gasteiger charge is 2.39. The molecule has 0 bridgehead atoms. The number of esters is 2. The van der Waals surface area contributed by atoms with E-state index in [0.717, 1.165) is 32.1 Å². The van der Waals surface area contributed by atoms with E-state index >= 15 is 0 Å². The van der Waals surface area contributed by atoms with Crippen molar-refractivity contribution in [2.75, 3.05) is 13.2 Å². The van der Waals surface area contributed by atoms with Crippen LogP contribution in [0.4, 0.5) is 0 Å². The minimum Gasteiger partial charge on any atom is -0.465 e. The van der Waals surface area contributed by atoms with E-state index in [2.05, 4.69) is 13.8 Å². The number of hydrogen-bond donors (Lipinski definition) is 0. The van der Waals surface area contributed by atoms with Crippen molar-refractivity contribution in [2.24, 2.45) is 5.41 Å². The Hall–Kier alpha value is -1.06. The van der Waals surface area contributed by atoms with Crippen molar-refractivity contribution in [2.45, 2.75) is 118 Å². The van der Waals surface area contributed by atoms with Crippen molar-refractivity contribution in [3.63, 3.8) is 0 Å². The third-order valence-corrected chi connectivity index (χ3v) is 4.98. The molecule has 0 aromatic rings. The molecule has 0 aromatic heterocycles. The fraction of sp³-hybridized carbons (Fsp3) is 0.913. The molecule has 0 saturated heterocycles. The summed E-state index contributed by atoms with van der Waals surface area (Å²) in [5.41, 5.74) is -1.22. The normalized spacial score (nSPS) is 11.4. The Morgan fingerprint density at radius 3 is 1.19 bits per heavy atom. The second-order valence-corrected chi connectivity index (χ2v) is 8.14. The molecular formula is C23H44O4. The molecule has 0 rings (SSSR count). The SMILES string of the molecule is CCCCCCCCCCCOC(=O)C(C)(C)C(=O)OCCCCCCC. The molecule has 0 aliphatic carbocycles. The zero-order valence-electron chi connectivity index (χ0n) is 18.4. The van der Waals surface area contributed by atoms with Gasteiger partial charge in [0.15, 0.2) is 5.41 Å². The second kappa shape index (κ2) is 17.1. The van der Waals surface area contributed by atoms with Gasteiger partial charge in [0.1, 0.15) is 0 Å². The summed E-state index contributed by atoms with van der Waals surface area (Å²) >= 11 is 0. The van der Waals surface area contributed by atoms with Crippen molar-refractivity contribution in [1.82, 2.24) is 0 Å². The number of carbonyl (C=O) groups is 2. The highest BCUT2D eigenvalue weighted by molar-refractivity contribution is 5.99. The molecule has 0 atom stereocenters. The van der Waals surface area contributed by atoms with Crippen LogP contribution in [0.15, 0.2) is 0 Å². The molecule has 27 heavy (non-hydrogen) atoms. The van der Waals surface area contributed by atoms with E-state index in [1.54, 1.807) is 13.8 Å². The number of rotatable bonds is 18. The monoisotopic (exact) mass is 384 g/mol. The number of ether oxygens (including phenoxy) is 2. The van der Waals surface area contributed by atoms with Gasteiger partial charge in [0, 0.05) is 0 Å². The Kier molecular flexibility index (Phi) is 16.4. The first-order valence-corrected chi connectivity index (χ1v) is 11.3. The van der Waals surface area contributed by atoms with Crippen LogP contribution in [-0.4, -0.2) is 25.2 Å². The van der Waals surface area contributed by atoms with Crippen LogP contribution in [0.3, 0.4) is 0 Å². The van der Waals surface area contributed by atoms with Gasteiger partial charge >= 0.3 is 11.9 Å². The Labute approximate surface area is 167 Å². The quantitative estimate of drug-likeness (QED) is 0.152. The molecule has 0 unspecified atom stereocenters. The van der Waals surface area contributed by atoms with Gasteiger partial charge in [0.2, 0.25) is 0 Å². The smallest absolute Gasteiger partial charge is 0.322 e.